The highest BCUT2D eigenvalue weighted by molar-refractivity contribution is 5.96. The van der Waals surface area contributed by atoms with Gasteiger partial charge in [0.05, 0.1) is 36.6 Å². The number of ether oxygens (including phenoxy) is 1. The van der Waals surface area contributed by atoms with E-state index in [1.165, 1.54) is 10.6 Å². The summed E-state index contributed by atoms with van der Waals surface area (Å²) < 4.78 is 22.1. The van der Waals surface area contributed by atoms with E-state index in [2.05, 4.69) is 24.8 Å². The van der Waals surface area contributed by atoms with Gasteiger partial charge in [-0.1, -0.05) is 18.2 Å². The van der Waals surface area contributed by atoms with Crippen molar-refractivity contribution in [3.8, 4) is 28.2 Å². The van der Waals surface area contributed by atoms with Gasteiger partial charge in [-0.05, 0) is 66.1 Å². The molecule has 1 aliphatic carbocycles. The van der Waals surface area contributed by atoms with Crippen molar-refractivity contribution in [2.24, 2.45) is 0 Å². The Morgan fingerprint density at radius 2 is 1.91 bits per heavy atom. The summed E-state index contributed by atoms with van der Waals surface area (Å²) in [6.45, 7) is 2.56. The maximum Gasteiger partial charge on any atom is 0.265 e. The number of anilines is 2. The minimum absolute atomic E-state index is 0.0217. The number of pyridine rings is 2. The van der Waals surface area contributed by atoms with Crippen LogP contribution in [0.25, 0.3) is 50.0 Å². The number of hydrogen-bond acceptors (Lipinski definition) is 8. The fraction of sp³-hybridized carbons (Fsp3) is 0.235. The summed E-state index contributed by atoms with van der Waals surface area (Å²) in [6.07, 6.45) is 5.52. The van der Waals surface area contributed by atoms with Gasteiger partial charge in [-0.25, -0.2) is 14.4 Å². The predicted octanol–water partition coefficient (Wildman–Crippen LogP) is 4.92. The number of aromatic nitrogens is 5. The van der Waals surface area contributed by atoms with E-state index in [-0.39, 0.29) is 11.3 Å². The monoisotopic (exact) mass is 603 g/mol. The number of nitrogens with one attached hydrogen (secondary N) is 1. The topological polar surface area (TPSA) is 135 Å². The van der Waals surface area contributed by atoms with Crippen molar-refractivity contribution in [3.63, 3.8) is 0 Å². The molecule has 11 heteroatoms. The van der Waals surface area contributed by atoms with E-state index in [9.17, 15) is 9.90 Å². The van der Waals surface area contributed by atoms with E-state index in [0.717, 1.165) is 48.6 Å². The molecule has 6 aromatic rings. The van der Waals surface area contributed by atoms with Crippen molar-refractivity contribution < 1.29 is 14.2 Å². The summed E-state index contributed by atoms with van der Waals surface area (Å²) in [5, 5.41) is 11.9. The van der Waals surface area contributed by atoms with Gasteiger partial charge in [0.2, 0.25) is 5.95 Å². The Kier molecular flexibility index (Phi) is 6.58. The van der Waals surface area contributed by atoms with Crippen molar-refractivity contribution in [2.45, 2.75) is 25.4 Å². The molecule has 45 heavy (non-hydrogen) atoms. The molecular weight excluding hydrogens is 573 g/mol. The standard InChI is InChI=1S/C34H30FN7O3/c35-26-15-22(19-4-5-19)14-20-8-9-42(33(44)30(20)26)28-3-1-2-23(25(28)18-43)31-24-16-27(38-32(24)40-34(36)39-31)21-6-7-29(37-17-21)41-10-12-45-13-11-41/h1-3,6-9,14-17,19,43H,4-5,10-13,18H2,(H3,36,38,39,40). The Morgan fingerprint density at radius 3 is 2.67 bits per heavy atom. The number of benzene rings is 2. The van der Waals surface area contributed by atoms with Gasteiger partial charge in [-0.2, -0.15) is 4.98 Å². The molecule has 2 aliphatic rings. The van der Waals surface area contributed by atoms with Crippen LogP contribution >= 0.6 is 0 Å². The average Bonchev–Trinajstić information content (AvgIpc) is 3.83. The molecule has 0 amide bonds. The second kappa shape index (κ2) is 10.8. The third-order valence-electron chi connectivity index (χ3n) is 8.75. The van der Waals surface area contributed by atoms with Crippen LogP contribution in [0, 0.1) is 5.82 Å². The molecule has 1 saturated carbocycles. The van der Waals surface area contributed by atoms with Gasteiger partial charge < -0.3 is 25.5 Å². The van der Waals surface area contributed by atoms with Gasteiger partial charge in [0.15, 0.2) is 0 Å². The van der Waals surface area contributed by atoms with Gasteiger partial charge in [0.1, 0.15) is 17.3 Å². The fourth-order valence-corrected chi connectivity index (χ4v) is 6.29. The molecule has 0 bridgehead atoms. The van der Waals surface area contributed by atoms with Gasteiger partial charge in [0.25, 0.3) is 5.56 Å². The number of morpholine rings is 1. The molecule has 1 aliphatic heterocycles. The number of H-pyrrole nitrogens is 1. The zero-order valence-electron chi connectivity index (χ0n) is 24.3. The molecule has 5 heterocycles. The average molecular weight is 604 g/mol. The zero-order valence-corrected chi connectivity index (χ0v) is 24.3. The number of halogens is 1. The normalized spacial score (nSPS) is 15.3. The van der Waals surface area contributed by atoms with Gasteiger partial charge in [-0.15, -0.1) is 0 Å². The van der Waals surface area contributed by atoms with Crippen LogP contribution in [-0.2, 0) is 11.3 Å². The summed E-state index contributed by atoms with van der Waals surface area (Å²) in [6, 6.07) is 16.4. The lowest BCUT2D eigenvalue weighted by Crippen LogP contribution is -2.36. The first-order valence-corrected chi connectivity index (χ1v) is 15.0. The molecule has 4 N–H and O–H groups in total. The van der Waals surface area contributed by atoms with Crippen molar-refractivity contribution in [2.75, 3.05) is 36.9 Å². The number of nitrogen functional groups attached to an aromatic ring is 1. The van der Waals surface area contributed by atoms with Crippen molar-refractivity contribution in [1.29, 1.82) is 0 Å². The Balaban J connectivity index is 1.22. The predicted molar refractivity (Wildman–Crippen MR) is 171 cm³/mol. The molecule has 2 fully saturated rings. The number of nitrogens with two attached hydrogens (primary N) is 1. The Morgan fingerprint density at radius 1 is 1.07 bits per heavy atom. The molecule has 0 radical (unpaired) electrons. The first kappa shape index (κ1) is 27.4. The summed E-state index contributed by atoms with van der Waals surface area (Å²) in [5.41, 5.74) is 10.7. The first-order valence-electron chi connectivity index (χ1n) is 15.0. The second-order valence-corrected chi connectivity index (χ2v) is 11.6. The van der Waals surface area contributed by atoms with Crippen LogP contribution in [0.5, 0.6) is 0 Å². The van der Waals surface area contributed by atoms with E-state index in [0.29, 0.717) is 58.1 Å². The number of aliphatic hydroxyl groups is 1. The number of aromatic amines is 1. The number of rotatable bonds is 6. The molecule has 10 nitrogen and oxygen atoms in total. The van der Waals surface area contributed by atoms with Crippen molar-refractivity contribution in [3.05, 3.63) is 94.3 Å². The molecular formula is C34H30FN7O3. The number of aliphatic hydroxyl groups excluding tert-OH is 1. The van der Waals surface area contributed by atoms with Crippen LogP contribution in [0.1, 0.15) is 29.9 Å². The largest absolute Gasteiger partial charge is 0.392 e. The van der Waals surface area contributed by atoms with Gasteiger partial charge in [-0.3, -0.25) is 9.36 Å². The van der Waals surface area contributed by atoms with E-state index in [1.54, 1.807) is 24.4 Å². The molecule has 0 spiro atoms. The van der Waals surface area contributed by atoms with E-state index < -0.39 is 18.0 Å². The van der Waals surface area contributed by atoms with Crippen LogP contribution in [0.2, 0.25) is 0 Å². The van der Waals surface area contributed by atoms with Crippen LogP contribution in [0.4, 0.5) is 16.2 Å². The highest BCUT2D eigenvalue weighted by atomic mass is 19.1. The van der Waals surface area contributed by atoms with E-state index >= 15 is 4.39 Å². The lowest BCUT2D eigenvalue weighted by Gasteiger charge is -2.27. The SMILES string of the molecule is Nc1nc(-c2cccc(-n3ccc4cc(C5CC5)cc(F)c4c3=O)c2CO)c2cc(-c3ccc(N4CCOCC4)nc3)[nH]c2n1. The molecule has 0 unspecified atom stereocenters. The highest BCUT2D eigenvalue weighted by Gasteiger charge is 2.26. The molecule has 226 valence electrons. The fourth-order valence-electron chi connectivity index (χ4n) is 6.29. The lowest BCUT2D eigenvalue weighted by atomic mass is 10.00. The quantitative estimate of drug-likeness (QED) is 0.244. The van der Waals surface area contributed by atoms with Crippen LogP contribution < -0.4 is 16.2 Å². The molecule has 2 aromatic carbocycles. The van der Waals surface area contributed by atoms with Crippen LogP contribution in [-0.4, -0.2) is 55.9 Å². The summed E-state index contributed by atoms with van der Waals surface area (Å²) in [4.78, 5) is 32.9. The Labute approximate surface area is 257 Å². The van der Waals surface area contributed by atoms with Gasteiger partial charge >= 0.3 is 0 Å². The summed E-state index contributed by atoms with van der Waals surface area (Å²) in [5.74, 6) is 0.769. The molecule has 1 saturated heterocycles. The minimum atomic E-state index is -0.534. The lowest BCUT2D eigenvalue weighted by molar-refractivity contribution is 0.122. The zero-order chi connectivity index (χ0) is 30.7. The van der Waals surface area contributed by atoms with E-state index in [4.69, 9.17) is 10.5 Å². The number of hydrogen-bond donors (Lipinski definition) is 3. The summed E-state index contributed by atoms with van der Waals surface area (Å²) >= 11 is 0. The molecule has 8 rings (SSSR count). The third-order valence-corrected chi connectivity index (χ3v) is 8.75. The number of nitrogens with zero attached hydrogens (tertiary/aromatic N) is 5. The molecule has 0 atom stereocenters. The third kappa shape index (κ3) is 4.80. The maximum absolute atomic E-state index is 15.3. The van der Waals surface area contributed by atoms with Crippen molar-refractivity contribution in [1.82, 2.24) is 24.5 Å². The van der Waals surface area contributed by atoms with E-state index in [1.807, 2.05) is 36.5 Å². The van der Waals surface area contributed by atoms with Crippen LogP contribution in [0.3, 0.4) is 0 Å². The first-order chi connectivity index (χ1) is 22.0. The van der Waals surface area contributed by atoms with Crippen molar-refractivity contribution >= 4 is 33.6 Å². The Bertz CT molecular complexity index is 2150. The van der Waals surface area contributed by atoms with Gasteiger partial charge in [0, 0.05) is 53.3 Å². The second-order valence-electron chi connectivity index (χ2n) is 11.6. The maximum atomic E-state index is 15.3. The molecule has 4 aromatic heterocycles. The number of fused-ring (bicyclic) bond motifs is 2. The Hall–Kier alpha value is -5.13. The minimum Gasteiger partial charge on any atom is -0.392 e. The smallest absolute Gasteiger partial charge is 0.265 e. The summed E-state index contributed by atoms with van der Waals surface area (Å²) in [7, 11) is 0. The van der Waals surface area contributed by atoms with Crippen LogP contribution in [0.15, 0.2) is 71.8 Å². The highest BCUT2D eigenvalue weighted by Crippen LogP contribution is 2.41.